The van der Waals surface area contributed by atoms with Crippen LogP contribution in [0.2, 0.25) is 0 Å². The molecule has 0 spiro atoms. The molecule has 4 rings (SSSR count). The van der Waals surface area contributed by atoms with E-state index in [1.165, 1.54) is 4.31 Å². The van der Waals surface area contributed by atoms with Gasteiger partial charge in [0, 0.05) is 36.7 Å². The summed E-state index contributed by atoms with van der Waals surface area (Å²) in [5.41, 5.74) is -1.42. The number of hydrogen-bond donors (Lipinski definition) is 1. The Balaban J connectivity index is 1.61. The van der Waals surface area contributed by atoms with Crippen molar-refractivity contribution in [2.75, 3.05) is 38.5 Å². The third-order valence-electron chi connectivity index (χ3n) is 5.67. The molecule has 0 radical (unpaired) electrons. The molecule has 3 heterocycles. The van der Waals surface area contributed by atoms with Crippen LogP contribution >= 0.6 is 11.3 Å². The van der Waals surface area contributed by atoms with E-state index < -0.39 is 39.8 Å². The van der Waals surface area contributed by atoms with Crippen LogP contribution in [0.1, 0.15) is 10.4 Å². The molecular formula is C21H22F3N5O4S2. The van der Waals surface area contributed by atoms with Gasteiger partial charge in [-0.1, -0.05) is 0 Å². The standard InChI is InChI=1S/C21H22F3N5O4S2/c1-13-18(35(32,33)29-9-7-27(2)8-10-29)17-19(34-13)25-12-28(20(17)31)11-16(30)26-15-5-3-14(4-6-15)21(22,23)24/h3-6,12H,7-11H2,1-2H3,(H,26,30). The number of alkyl halides is 3. The highest BCUT2D eigenvalue weighted by Crippen LogP contribution is 2.33. The second kappa shape index (κ2) is 9.33. The number of hydrogen-bond acceptors (Lipinski definition) is 7. The molecule has 0 saturated carbocycles. The van der Waals surface area contributed by atoms with Gasteiger partial charge in [0.05, 0.1) is 17.3 Å². The van der Waals surface area contributed by atoms with Crippen LogP contribution in [0.5, 0.6) is 0 Å². The van der Waals surface area contributed by atoms with Crippen LogP contribution in [0.4, 0.5) is 18.9 Å². The Hall–Kier alpha value is -2.81. The molecule has 9 nitrogen and oxygen atoms in total. The fourth-order valence-corrected chi connectivity index (χ4v) is 6.88. The lowest BCUT2D eigenvalue weighted by Crippen LogP contribution is -2.47. The normalized spacial score (nSPS) is 16.0. The molecule has 1 aliphatic heterocycles. The third kappa shape index (κ3) is 5.10. The molecule has 3 aromatic rings. The van der Waals surface area contributed by atoms with E-state index in [-0.39, 0.29) is 20.8 Å². The summed E-state index contributed by atoms with van der Waals surface area (Å²) < 4.78 is 67.3. The Kier molecular flexibility index (Phi) is 6.74. The molecule has 0 atom stereocenters. The SMILES string of the molecule is Cc1sc2ncn(CC(=O)Nc3ccc(C(F)(F)F)cc3)c(=O)c2c1S(=O)(=O)N1CCN(C)CC1. The molecule has 0 aliphatic carbocycles. The molecule has 14 heteroatoms. The van der Waals surface area contributed by atoms with Crippen molar-refractivity contribution >= 4 is 43.2 Å². The van der Waals surface area contributed by atoms with E-state index in [1.54, 1.807) is 6.92 Å². The summed E-state index contributed by atoms with van der Waals surface area (Å²) in [4.78, 5) is 32.5. The van der Waals surface area contributed by atoms with Gasteiger partial charge in [0.25, 0.3) is 5.56 Å². The summed E-state index contributed by atoms with van der Waals surface area (Å²) in [5, 5.41) is 2.36. The lowest BCUT2D eigenvalue weighted by Gasteiger charge is -2.31. The van der Waals surface area contributed by atoms with Crippen LogP contribution in [0.3, 0.4) is 0 Å². The molecule has 1 saturated heterocycles. The summed E-state index contributed by atoms with van der Waals surface area (Å²) in [6.45, 7) is 2.82. The molecule has 2 aromatic heterocycles. The van der Waals surface area contributed by atoms with Crippen molar-refractivity contribution in [1.82, 2.24) is 18.8 Å². The van der Waals surface area contributed by atoms with Crippen molar-refractivity contribution in [3.63, 3.8) is 0 Å². The number of sulfonamides is 1. The number of likely N-dealkylation sites (N-methyl/N-ethyl adjacent to an activating group) is 1. The Bertz CT molecular complexity index is 1420. The van der Waals surface area contributed by atoms with Gasteiger partial charge >= 0.3 is 6.18 Å². The van der Waals surface area contributed by atoms with Gasteiger partial charge in [-0.25, -0.2) is 13.4 Å². The van der Waals surface area contributed by atoms with E-state index >= 15 is 0 Å². The van der Waals surface area contributed by atoms with Crippen LogP contribution in [-0.2, 0) is 27.5 Å². The zero-order valence-corrected chi connectivity index (χ0v) is 20.4. The zero-order valence-electron chi connectivity index (χ0n) is 18.8. The van der Waals surface area contributed by atoms with E-state index in [1.807, 2.05) is 11.9 Å². The van der Waals surface area contributed by atoms with Gasteiger partial charge in [-0.3, -0.25) is 14.2 Å². The molecule has 0 unspecified atom stereocenters. The second-order valence-electron chi connectivity index (χ2n) is 8.18. The number of thiophene rings is 1. The summed E-state index contributed by atoms with van der Waals surface area (Å²) in [5.74, 6) is -0.677. The topological polar surface area (TPSA) is 105 Å². The maximum atomic E-state index is 13.4. The number of halogens is 3. The highest BCUT2D eigenvalue weighted by molar-refractivity contribution is 7.89. The minimum atomic E-state index is -4.50. The molecule has 1 fully saturated rings. The maximum Gasteiger partial charge on any atom is 0.416 e. The fourth-order valence-electron chi connectivity index (χ4n) is 3.79. The summed E-state index contributed by atoms with van der Waals surface area (Å²) >= 11 is 1.08. The Morgan fingerprint density at radius 3 is 2.37 bits per heavy atom. The van der Waals surface area contributed by atoms with Gasteiger partial charge in [0.2, 0.25) is 15.9 Å². The van der Waals surface area contributed by atoms with Gasteiger partial charge < -0.3 is 10.2 Å². The Labute approximate surface area is 202 Å². The van der Waals surface area contributed by atoms with Crippen LogP contribution < -0.4 is 10.9 Å². The van der Waals surface area contributed by atoms with Gasteiger partial charge in [-0.05, 0) is 38.2 Å². The van der Waals surface area contributed by atoms with Crippen molar-refractivity contribution < 1.29 is 26.4 Å². The highest BCUT2D eigenvalue weighted by Gasteiger charge is 2.33. The number of carbonyl (C=O) groups excluding carboxylic acids is 1. The van der Waals surface area contributed by atoms with E-state index in [0.717, 1.165) is 46.5 Å². The predicted molar refractivity (Wildman–Crippen MR) is 125 cm³/mol. The number of amides is 1. The lowest BCUT2D eigenvalue weighted by molar-refractivity contribution is -0.137. The number of nitrogens with one attached hydrogen (secondary N) is 1. The smallest absolute Gasteiger partial charge is 0.325 e. The first-order valence-electron chi connectivity index (χ1n) is 10.5. The number of piperazine rings is 1. The molecule has 1 aromatic carbocycles. The average Bonchev–Trinajstić information content (AvgIpc) is 3.13. The highest BCUT2D eigenvalue weighted by atomic mass is 32.2. The lowest BCUT2D eigenvalue weighted by atomic mass is 10.2. The van der Waals surface area contributed by atoms with Crippen molar-refractivity contribution in [2.24, 2.45) is 0 Å². The zero-order chi connectivity index (χ0) is 25.5. The number of benzene rings is 1. The van der Waals surface area contributed by atoms with Gasteiger partial charge in [-0.15, -0.1) is 11.3 Å². The number of anilines is 1. The molecule has 188 valence electrons. The van der Waals surface area contributed by atoms with Crippen LogP contribution in [0, 0.1) is 6.92 Å². The first-order chi connectivity index (χ1) is 16.4. The second-order valence-corrected chi connectivity index (χ2v) is 11.3. The molecule has 1 amide bonds. The Morgan fingerprint density at radius 1 is 1.14 bits per heavy atom. The van der Waals surface area contributed by atoms with E-state index in [2.05, 4.69) is 10.3 Å². The quantitative estimate of drug-likeness (QED) is 0.544. The number of fused-ring (bicyclic) bond motifs is 1. The van der Waals surface area contributed by atoms with Crippen LogP contribution in [0.15, 0.2) is 40.3 Å². The van der Waals surface area contributed by atoms with E-state index in [9.17, 15) is 31.2 Å². The van der Waals surface area contributed by atoms with Crippen LogP contribution in [-0.4, -0.2) is 66.3 Å². The minimum Gasteiger partial charge on any atom is -0.325 e. The summed E-state index contributed by atoms with van der Waals surface area (Å²) in [6.07, 6.45) is -3.35. The largest absolute Gasteiger partial charge is 0.416 e. The van der Waals surface area contributed by atoms with Crippen molar-refractivity contribution in [3.8, 4) is 0 Å². The molecule has 35 heavy (non-hydrogen) atoms. The average molecular weight is 530 g/mol. The molecule has 1 aliphatic rings. The van der Waals surface area contributed by atoms with Gasteiger partial charge in [0.15, 0.2) is 0 Å². The minimum absolute atomic E-state index is 0.0729. The van der Waals surface area contributed by atoms with E-state index in [0.29, 0.717) is 31.1 Å². The van der Waals surface area contributed by atoms with Crippen LogP contribution in [0.25, 0.3) is 10.2 Å². The first-order valence-corrected chi connectivity index (χ1v) is 12.8. The number of carbonyl (C=O) groups is 1. The maximum absolute atomic E-state index is 13.4. The van der Waals surface area contributed by atoms with Crippen molar-refractivity contribution in [3.05, 3.63) is 51.4 Å². The van der Waals surface area contributed by atoms with Crippen molar-refractivity contribution in [2.45, 2.75) is 24.5 Å². The number of nitrogens with zero attached hydrogens (tertiary/aromatic N) is 4. The number of rotatable bonds is 5. The predicted octanol–water partition coefficient (Wildman–Crippen LogP) is 2.36. The van der Waals surface area contributed by atoms with Crippen molar-refractivity contribution in [1.29, 1.82) is 0 Å². The summed E-state index contributed by atoms with van der Waals surface area (Å²) in [6, 6.07) is 3.87. The number of aromatic nitrogens is 2. The summed E-state index contributed by atoms with van der Waals surface area (Å²) in [7, 11) is -2.06. The molecule has 1 N–H and O–H groups in total. The van der Waals surface area contributed by atoms with E-state index in [4.69, 9.17) is 0 Å². The number of aryl methyl sites for hydroxylation is 1. The monoisotopic (exact) mass is 529 g/mol. The first kappa shape index (κ1) is 25.3. The molecular weight excluding hydrogens is 507 g/mol. The molecule has 0 bridgehead atoms. The van der Waals surface area contributed by atoms with Gasteiger partial charge in [-0.2, -0.15) is 17.5 Å². The fraction of sp³-hybridized carbons (Fsp3) is 0.381. The Morgan fingerprint density at radius 2 is 1.77 bits per heavy atom. The third-order valence-corrected chi connectivity index (χ3v) is 8.88. The van der Waals surface area contributed by atoms with Gasteiger partial charge in [0.1, 0.15) is 16.3 Å².